The number of nitrogens with zero attached hydrogens (tertiary/aromatic N) is 1. The van der Waals surface area contributed by atoms with Crippen LogP contribution >= 0.6 is 27.5 Å². The highest BCUT2D eigenvalue weighted by molar-refractivity contribution is 9.10. The molecule has 1 fully saturated rings. The van der Waals surface area contributed by atoms with Crippen molar-refractivity contribution in [3.8, 4) is 11.5 Å². The molecule has 1 N–H and O–H groups in total. The third-order valence-corrected chi connectivity index (χ3v) is 7.21. The van der Waals surface area contributed by atoms with Crippen molar-refractivity contribution in [2.24, 2.45) is 0 Å². The van der Waals surface area contributed by atoms with E-state index in [2.05, 4.69) is 27.3 Å². The average molecular weight is 646 g/mol. The van der Waals surface area contributed by atoms with Crippen molar-refractivity contribution in [1.82, 2.24) is 5.32 Å². The van der Waals surface area contributed by atoms with E-state index in [1.807, 2.05) is 44.2 Å². The number of nitrogens with one attached hydrogen (secondary N) is 1. The summed E-state index contributed by atoms with van der Waals surface area (Å²) >= 11 is 9.38. The van der Waals surface area contributed by atoms with Gasteiger partial charge in [0.2, 0.25) is 0 Å². The van der Waals surface area contributed by atoms with Crippen molar-refractivity contribution in [3.63, 3.8) is 0 Å². The first kappa shape index (κ1) is 29.1. The number of carbonyl (C=O) groups excluding carboxylic acids is 3. The standard InChI is InChI=1S/C33H26BrClN2O5/c1-20-13-21(2)15-23(14-20)19-42-30-12-5-25(34)16-24(30)17-29-31(38)36-33(40)37(32(29)39)27-8-10-28(11-9-27)41-18-22-3-6-26(35)7-4-22/h3-17H,18-19H2,1-2H3,(H,36,38,40)/b29-17+. The van der Waals surface area contributed by atoms with E-state index in [0.29, 0.717) is 35.3 Å². The number of imide groups is 2. The summed E-state index contributed by atoms with van der Waals surface area (Å²) in [6.45, 7) is 4.67. The molecule has 1 aliphatic rings. The van der Waals surface area contributed by atoms with Crippen molar-refractivity contribution in [2.45, 2.75) is 27.1 Å². The number of ether oxygens (including phenoxy) is 2. The summed E-state index contributed by atoms with van der Waals surface area (Å²) in [6, 6.07) is 24.4. The lowest BCUT2D eigenvalue weighted by atomic mass is 10.1. The molecule has 0 aromatic heterocycles. The fraction of sp³-hybridized carbons (Fsp3) is 0.121. The zero-order valence-electron chi connectivity index (χ0n) is 22.8. The SMILES string of the molecule is Cc1cc(C)cc(COc2ccc(Br)cc2/C=C2\C(=O)NC(=O)N(c3ccc(OCc4ccc(Cl)cc4)cc3)C2=O)c1. The second kappa shape index (κ2) is 12.6. The number of hydrogen-bond donors (Lipinski definition) is 1. The Morgan fingerprint density at radius 3 is 2.17 bits per heavy atom. The van der Waals surface area contributed by atoms with Crippen LogP contribution in [0.4, 0.5) is 10.5 Å². The summed E-state index contributed by atoms with van der Waals surface area (Å²) in [5.41, 5.74) is 4.78. The largest absolute Gasteiger partial charge is 0.489 e. The Bertz CT molecular complexity index is 1680. The number of carbonyl (C=O) groups is 3. The van der Waals surface area contributed by atoms with Crippen LogP contribution in [-0.4, -0.2) is 17.8 Å². The van der Waals surface area contributed by atoms with Crippen LogP contribution < -0.4 is 19.7 Å². The van der Waals surface area contributed by atoms with Crippen LogP contribution in [0.15, 0.2) is 95.0 Å². The van der Waals surface area contributed by atoms with Crippen LogP contribution in [0.1, 0.15) is 27.8 Å². The van der Waals surface area contributed by atoms with Crippen molar-refractivity contribution in [3.05, 3.63) is 128 Å². The number of benzene rings is 4. The van der Waals surface area contributed by atoms with Crippen molar-refractivity contribution >= 4 is 57.1 Å². The lowest BCUT2D eigenvalue weighted by molar-refractivity contribution is -0.122. The smallest absolute Gasteiger partial charge is 0.335 e. The first-order chi connectivity index (χ1) is 20.2. The molecule has 0 unspecified atom stereocenters. The zero-order chi connectivity index (χ0) is 29.8. The Hall–Kier alpha value is -4.40. The number of rotatable bonds is 8. The van der Waals surface area contributed by atoms with Gasteiger partial charge in [0.05, 0.1) is 5.69 Å². The number of urea groups is 1. The molecule has 212 valence electrons. The molecular formula is C33H26BrClN2O5. The highest BCUT2D eigenvalue weighted by Crippen LogP contribution is 2.29. The first-order valence-corrected chi connectivity index (χ1v) is 14.2. The number of halogens is 2. The number of aryl methyl sites for hydroxylation is 2. The van der Waals surface area contributed by atoms with Gasteiger partial charge in [0.15, 0.2) is 0 Å². The summed E-state index contributed by atoms with van der Waals surface area (Å²) in [5, 5.41) is 2.90. The molecule has 42 heavy (non-hydrogen) atoms. The van der Waals surface area contributed by atoms with Gasteiger partial charge >= 0.3 is 6.03 Å². The minimum absolute atomic E-state index is 0.202. The van der Waals surface area contributed by atoms with Gasteiger partial charge in [0.25, 0.3) is 11.8 Å². The molecule has 1 aliphatic heterocycles. The third-order valence-electron chi connectivity index (χ3n) is 6.46. The van der Waals surface area contributed by atoms with E-state index in [9.17, 15) is 14.4 Å². The van der Waals surface area contributed by atoms with E-state index >= 15 is 0 Å². The predicted octanol–water partition coefficient (Wildman–Crippen LogP) is 7.54. The number of hydrogen-bond acceptors (Lipinski definition) is 5. The Labute approximate surface area is 256 Å². The molecule has 0 spiro atoms. The molecule has 0 aliphatic carbocycles. The first-order valence-electron chi connectivity index (χ1n) is 13.0. The van der Waals surface area contributed by atoms with Crippen molar-refractivity contribution < 1.29 is 23.9 Å². The fourth-order valence-corrected chi connectivity index (χ4v) is 5.07. The Morgan fingerprint density at radius 2 is 1.48 bits per heavy atom. The van der Waals surface area contributed by atoms with Crippen LogP contribution in [0.3, 0.4) is 0 Å². The maximum absolute atomic E-state index is 13.5. The second-order valence-electron chi connectivity index (χ2n) is 9.83. The highest BCUT2D eigenvalue weighted by Gasteiger charge is 2.37. The molecule has 5 rings (SSSR count). The monoisotopic (exact) mass is 644 g/mol. The van der Waals surface area contributed by atoms with E-state index in [1.165, 1.54) is 6.08 Å². The van der Waals surface area contributed by atoms with E-state index in [-0.39, 0.29) is 11.3 Å². The van der Waals surface area contributed by atoms with Gasteiger partial charge in [-0.15, -0.1) is 0 Å². The molecule has 0 radical (unpaired) electrons. The van der Waals surface area contributed by atoms with E-state index in [4.69, 9.17) is 21.1 Å². The van der Waals surface area contributed by atoms with Crippen LogP contribution in [0.2, 0.25) is 5.02 Å². The van der Waals surface area contributed by atoms with E-state index < -0.39 is 17.8 Å². The topological polar surface area (TPSA) is 84.9 Å². The molecular weight excluding hydrogens is 620 g/mol. The average Bonchev–Trinajstić information content (AvgIpc) is 2.94. The summed E-state index contributed by atoms with van der Waals surface area (Å²) < 4.78 is 12.6. The molecule has 0 atom stereocenters. The van der Waals surface area contributed by atoms with Gasteiger partial charge in [-0.05, 0) is 85.6 Å². The minimum Gasteiger partial charge on any atom is -0.489 e. The van der Waals surface area contributed by atoms with E-state index in [0.717, 1.165) is 31.6 Å². The predicted molar refractivity (Wildman–Crippen MR) is 166 cm³/mol. The van der Waals surface area contributed by atoms with E-state index in [1.54, 1.807) is 48.5 Å². The quantitative estimate of drug-likeness (QED) is 0.158. The zero-order valence-corrected chi connectivity index (χ0v) is 25.2. The van der Waals surface area contributed by atoms with Gasteiger partial charge in [-0.2, -0.15) is 0 Å². The molecule has 1 heterocycles. The fourth-order valence-electron chi connectivity index (χ4n) is 4.56. The molecule has 0 bridgehead atoms. The lowest BCUT2D eigenvalue weighted by Gasteiger charge is -2.26. The molecule has 4 aromatic rings. The normalized spacial score (nSPS) is 14.2. The maximum Gasteiger partial charge on any atom is 0.335 e. The van der Waals surface area contributed by atoms with Gasteiger partial charge in [0, 0.05) is 15.1 Å². The number of amides is 4. The number of anilines is 1. The van der Waals surface area contributed by atoms with Crippen molar-refractivity contribution in [1.29, 1.82) is 0 Å². The summed E-state index contributed by atoms with van der Waals surface area (Å²) in [7, 11) is 0. The molecule has 9 heteroatoms. The van der Waals surface area contributed by atoms with Crippen LogP contribution in [0.5, 0.6) is 11.5 Å². The van der Waals surface area contributed by atoms with Crippen molar-refractivity contribution in [2.75, 3.05) is 4.90 Å². The maximum atomic E-state index is 13.5. The van der Waals surface area contributed by atoms with Crippen LogP contribution in [0, 0.1) is 13.8 Å². The van der Waals surface area contributed by atoms with Gasteiger partial charge in [-0.25, -0.2) is 9.69 Å². The minimum atomic E-state index is -0.836. The molecule has 1 saturated heterocycles. The van der Waals surface area contributed by atoms with Crippen LogP contribution in [0.25, 0.3) is 6.08 Å². The molecule has 7 nitrogen and oxygen atoms in total. The second-order valence-corrected chi connectivity index (χ2v) is 11.2. The summed E-state index contributed by atoms with van der Waals surface area (Å²) in [6.07, 6.45) is 1.43. The van der Waals surface area contributed by atoms with Gasteiger partial charge < -0.3 is 9.47 Å². The lowest BCUT2D eigenvalue weighted by Crippen LogP contribution is -2.54. The van der Waals surface area contributed by atoms with Gasteiger partial charge in [-0.1, -0.05) is 69.0 Å². The Kier molecular flexibility index (Phi) is 8.75. The Morgan fingerprint density at radius 1 is 0.810 bits per heavy atom. The molecule has 0 saturated carbocycles. The van der Waals surface area contributed by atoms with Crippen LogP contribution in [-0.2, 0) is 22.8 Å². The summed E-state index contributed by atoms with van der Waals surface area (Å²) in [4.78, 5) is 40.0. The highest BCUT2D eigenvalue weighted by atomic mass is 79.9. The molecule has 4 amide bonds. The Balaban J connectivity index is 1.36. The number of barbiturate groups is 1. The van der Waals surface area contributed by atoms with Gasteiger partial charge in [0.1, 0.15) is 30.3 Å². The third kappa shape index (κ3) is 6.90. The molecule has 4 aromatic carbocycles. The summed E-state index contributed by atoms with van der Waals surface area (Å²) in [5.74, 6) is -0.510. The van der Waals surface area contributed by atoms with Gasteiger partial charge in [-0.3, -0.25) is 14.9 Å².